The third kappa shape index (κ3) is 3.73. The van der Waals surface area contributed by atoms with Crippen molar-refractivity contribution in [3.05, 3.63) is 24.3 Å². The number of nitrogens with one attached hydrogen (secondary N) is 2. The van der Waals surface area contributed by atoms with Gasteiger partial charge in [0.1, 0.15) is 5.75 Å². The molecule has 0 atom stereocenters. The number of hydrogen-bond acceptors (Lipinski definition) is 3. The fourth-order valence-electron chi connectivity index (χ4n) is 2.42. The molecule has 1 aliphatic carbocycles. The van der Waals surface area contributed by atoms with Crippen LogP contribution in [0.2, 0.25) is 0 Å². The van der Waals surface area contributed by atoms with E-state index in [0.717, 1.165) is 18.0 Å². The van der Waals surface area contributed by atoms with Gasteiger partial charge in [0.15, 0.2) is 0 Å². The maximum Gasteiger partial charge on any atom is 0.238 e. The molecule has 4 nitrogen and oxygen atoms in total. The third-order valence-corrected chi connectivity index (χ3v) is 4.25. The molecule has 0 aromatic heterocycles. The highest BCUT2D eigenvalue weighted by atomic mass is 16.5. The SMILES string of the molecule is COc1ccc(NC(=O)CNCC2(C(C)C)CC2)cc1. The van der Waals surface area contributed by atoms with Gasteiger partial charge in [0.2, 0.25) is 5.91 Å². The van der Waals surface area contributed by atoms with Gasteiger partial charge in [-0.05, 0) is 48.4 Å². The topological polar surface area (TPSA) is 50.4 Å². The van der Waals surface area contributed by atoms with Gasteiger partial charge in [0.05, 0.1) is 13.7 Å². The van der Waals surface area contributed by atoms with Crippen LogP contribution in [0.15, 0.2) is 24.3 Å². The molecular weight excluding hydrogens is 252 g/mol. The zero-order chi connectivity index (χ0) is 14.6. The van der Waals surface area contributed by atoms with Crippen LogP contribution in [-0.4, -0.2) is 26.1 Å². The zero-order valence-corrected chi connectivity index (χ0v) is 12.5. The molecule has 0 bridgehead atoms. The molecule has 2 rings (SSSR count). The Labute approximate surface area is 120 Å². The minimum Gasteiger partial charge on any atom is -0.497 e. The smallest absolute Gasteiger partial charge is 0.238 e. The second-order valence-corrected chi connectivity index (χ2v) is 5.90. The van der Waals surface area contributed by atoms with E-state index in [1.807, 2.05) is 24.3 Å². The van der Waals surface area contributed by atoms with Crippen molar-refractivity contribution in [3.63, 3.8) is 0 Å². The lowest BCUT2D eigenvalue weighted by Gasteiger charge is -2.19. The number of amides is 1. The zero-order valence-electron chi connectivity index (χ0n) is 12.5. The van der Waals surface area contributed by atoms with Crippen LogP contribution in [0.3, 0.4) is 0 Å². The van der Waals surface area contributed by atoms with Crippen molar-refractivity contribution >= 4 is 11.6 Å². The van der Waals surface area contributed by atoms with Crippen molar-refractivity contribution in [2.75, 3.05) is 25.5 Å². The first-order valence-corrected chi connectivity index (χ1v) is 7.20. The molecule has 0 unspecified atom stereocenters. The van der Waals surface area contributed by atoms with Gasteiger partial charge in [-0.25, -0.2) is 0 Å². The average Bonchev–Trinajstić information content (AvgIpc) is 3.21. The lowest BCUT2D eigenvalue weighted by atomic mass is 9.92. The largest absolute Gasteiger partial charge is 0.497 e. The van der Waals surface area contributed by atoms with Crippen molar-refractivity contribution in [2.24, 2.45) is 11.3 Å². The van der Waals surface area contributed by atoms with Gasteiger partial charge < -0.3 is 15.4 Å². The number of methoxy groups -OCH3 is 1. The summed E-state index contributed by atoms with van der Waals surface area (Å²) in [5.41, 5.74) is 1.23. The summed E-state index contributed by atoms with van der Waals surface area (Å²) < 4.78 is 5.08. The minimum atomic E-state index is -0.00489. The third-order valence-electron chi connectivity index (χ3n) is 4.25. The summed E-state index contributed by atoms with van der Waals surface area (Å²) in [6.07, 6.45) is 2.55. The quantitative estimate of drug-likeness (QED) is 0.805. The van der Waals surface area contributed by atoms with Crippen LogP contribution >= 0.6 is 0 Å². The van der Waals surface area contributed by atoms with Crippen LogP contribution in [0.4, 0.5) is 5.69 Å². The Morgan fingerprint density at radius 2 is 1.95 bits per heavy atom. The minimum absolute atomic E-state index is 0.00489. The van der Waals surface area contributed by atoms with Crippen molar-refractivity contribution in [2.45, 2.75) is 26.7 Å². The van der Waals surface area contributed by atoms with Crippen LogP contribution in [0, 0.1) is 11.3 Å². The highest BCUT2D eigenvalue weighted by molar-refractivity contribution is 5.92. The fourth-order valence-corrected chi connectivity index (χ4v) is 2.42. The summed E-state index contributed by atoms with van der Waals surface area (Å²) in [6, 6.07) is 7.35. The van der Waals surface area contributed by atoms with Gasteiger partial charge in [0, 0.05) is 12.2 Å². The monoisotopic (exact) mass is 276 g/mol. The van der Waals surface area contributed by atoms with Crippen LogP contribution in [0.5, 0.6) is 5.75 Å². The van der Waals surface area contributed by atoms with Gasteiger partial charge >= 0.3 is 0 Å². The number of carbonyl (C=O) groups is 1. The van der Waals surface area contributed by atoms with Crippen LogP contribution in [0.25, 0.3) is 0 Å². The first-order chi connectivity index (χ1) is 9.55. The molecule has 0 heterocycles. The summed E-state index contributed by atoms with van der Waals surface area (Å²) in [4.78, 5) is 11.8. The van der Waals surface area contributed by atoms with E-state index in [1.54, 1.807) is 7.11 Å². The average molecular weight is 276 g/mol. The van der Waals surface area contributed by atoms with Crippen molar-refractivity contribution in [3.8, 4) is 5.75 Å². The number of anilines is 1. The van der Waals surface area contributed by atoms with E-state index in [4.69, 9.17) is 4.74 Å². The molecule has 110 valence electrons. The highest BCUT2D eigenvalue weighted by Crippen LogP contribution is 2.51. The molecule has 1 amide bonds. The lowest BCUT2D eigenvalue weighted by Crippen LogP contribution is -2.34. The molecule has 20 heavy (non-hydrogen) atoms. The molecule has 0 radical (unpaired) electrons. The molecule has 2 N–H and O–H groups in total. The predicted octanol–water partition coefficient (Wildman–Crippen LogP) is 2.66. The Morgan fingerprint density at radius 3 is 2.45 bits per heavy atom. The van der Waals surface area contributed by atoms with Gasteiger partial charge in [-0.15, -0.1) is 0 Å². The molecule has 1 fully saturated rings. The number of hydrogen-bond donors (Lipinski definition) is 2. The maximum absolute atomic E-state index is 11.8. The summed E-state index contributed by atoms with van der Waals surface area (Å²) in [5.74, 6) is 1.46. The Bertz CT molecular complexity index is 450. The summed E-state index contributed by atoms with van der Waals surface area (Å²) in [5, 5.41) is 6.15. The Kier molecular flexibility index (Phi) is 4.65. The first kappa shape index (κ1) is 14.9. The molecule has 4 heteroatoms. The van der Waals surface area contributed by atoms with Gasteiger partial charge in [-0.3, -0.25) is 4.79 Å². The second-order valence-electron chi connectivity index (χ2n) is 5.90. The van der Waals surface area contributed by atoms with E-state index in [2.05, 4.69) is 24.5 Å². The number of ether oxygens (including phenoxy) is 1. The van der Waals surface area contributed by atoms with Gasteiger partial charge in [-0.2, -0.15) is 0 Å². The van der Waals surface area contributed by atoms with E-state index in [-0.39, 0.29) is 5.91 Å². The number of carbonyl (C=O) groups excluding carboxylic acids is 1. The summed E-state index contributed by atoms with van der Waals surface area (Å²) >= 11 is 0. The lowest BCUT2D eigenvalue weighted by molar-refractivity contribution is -0.115. The summed E-state index contributed by atoms with van der Waals surface area (Å²) in [6.45, 7) is 5.80. The van der Waals surface area contributed by atoms with E-state index in [9.17, 15) is 4.79 Å². The van der Waals surface area contributed by atoms with Gasteiger partial charge in [0.25, 0.3) is 0 Å². The predicted molar refractivity (Wildman–Crippen MR) is 81.0 cm³/mol. The molecule has 1 saturated carbocycles. The van der Waals surface area contributed by atoms with Crippen molar-refractivity contribution in [1.82, 2.24) is 5.32 Å². The van der Waals surface area contributed by atoms with Crippen LogP contribution < -0.4 is 15.4 Å². The molecular formula is C16H24N2O2. The van der Waals surface area contributed by atoms with Crippen molar-refractivity contribution < 1.29 is 9.53 Å². The highest BCUT2D eigenvalue weighted by Gasteiger charge is 2.44. The van der Waals surface area contributed by atoms with Crippen LogP contribution in [0.1, 0.15) is 26.7 Å². The molecule has 1 aliphatic rings. The Morgan fingerprint density at radius 1 is 1.30 bits per heavy atom. The normalized spacial score (nSPS) is 16.0. The maximum atomic E-state index is 11.8. The molecule has 1 aromatic carbocycles. The van der Waals surface area contributed by atoms with E-state index < -0.39 is 0 Å². The Hall–Kier alpha value is -1.55. The Balaban J connectivity index is 1.72. The molecule has 0 saturated heterocycles. The van der Waals surface area contributed by atoms with Crippen LogP contribution in [-0.2, 0) is 4.79 Å². The molecule has 0 spiro atoms. The van der Waals surface area contributed by atoms with Gasteiger partial charge in [-0.1, -0.05) is 13.8 Å². The van der Waals surface area contributed by atoms with E-state index in [0.29, 0.717) is 17.9 Å². The first-order valence-electron chi connectivity index (χ1n) is 7.20. The molecule has 0 aliphatic heterocycles. The fraction of sp³-hybridized carbons (Fsp3) is 0.562. The second kappa shape index (κ2) is 6.27. The summed E-state index contributed by atoms with van der Waals surface area (Å²) in [7, 11) is 1.62. The van der Waals surface area contributed by atoms with Crippen molar-refractivity contribution in [1.29, 1.82) is 0 Å². The number of benzene rings is 1. The number of rotatable bonds is 7. The van der Waals surface area contributed by atoms with E-state index in [1.165, 1.54) is 12.8 Å². The standard InChI is InChI=1S/C16H24N2O2/c1-12(2)16(8-9-16)11-17-10-15(19)18-13-4-6-14(20-3)7-5-13/h4-7,12,17H,8-11H2,1-3H3,(H,18,19). The van der Waals surface area contributed by atoms with E-state index >= 15 is 0 Å². The molecule has 1 aromatic rings.